The van der Waals surface area contributed by atoms with Crippen LogP contribution in [0.15, 0.2) is 59.6 Å². The number of nitrogens with one attached hydrogen (secondary N) is 1. The molecule has 2 atom stereocenters. The maximum absolute atomic E-state index is 12.8. The summed E-state index contributed by atoms with van der Waals surface area (Å²) < 4.78 is 0. The number of anilines is 1. The molecule has 1 fully saturated rings. The van der Waals surface area contributed by atoms with Gasteiger partial charge in [0, 0.05) is 6.21 Å². The minimum absolute atomic E-state index is 0.207. The molecule has 0 aromatic heterocycles. The Morgan fingerprint density at radius 1 is 1.04 bits per heavy atom. The second kappa shape index (κ2) is 7.31. The summed E-state index contributed by atoms with van der Waals surface area (Å²) in [7, 11) is 0. The lowest BCUT2D eigenvalue weighted by molar-refractivity contribution is -0.131. The average molecular weight is 349 g/mol. The van der Waals surface area contributed by atoms with E-state index in [1.165, 1.54) is 6.21 Å². The third kappa shape index (κ3) is 3.39. The number of aryl methyl sites for hydroxylation is 1. The van der Waals surface area contributed by atoms with Crippen LogP contribution in [-0.4, -0.2) is 24.1 Å². The van der Waals surface area contributed by atoms with E-state index in [1.807, 2.05) is 43.3 Å². The van der Waals surface area contributed by atoms with Crippen LogP contribution in [0.25, 0.3) is 0 Å². The van der Waals surface area contributed by atoms with Gasteiger partial charge in [-0.3, -0.25) is 19.9 Å². The predicted octanol–water partition coefficient (Wildman–Crippen LogP) is 3.03. The van der Waals surface area contributed by atoms with E-state index in [0.717, 1.165) is 16.0 Å². The van der Waals surface area contributed by atoms with Crippen molar-refractivity contribution in [3.05, 3.63) is 65.7 Å². The zero-order valence-corrected chi connectivity index (χ0v) is 14.5. The van der Waals surface area contributed by atoms with E-state index in [2.05, 4.69) is 10.3 Å². The van der Waals surface area contributed by atoms with E-state index in [4.69, 9.17) is 0 Å². The normalized spacial score (nSPS) is 18.9. The molecule has 6 heteroatoms. The summed E-state index contributed by atoms with van der Waals surface area (Å²) in [5.41, 5.74) is 2.19. The number of barbiturate groups is 1. The van der Waals surface area contributed by atoms with Crippen molar-refractivity contribution < 1.29 is 14.4 Å². The van der Waals surface area contributed by atoms with Crippen LogP contribution in [0.3, 0.4) is 0 Å². The molecule has 6 nitrogen and oxygen atoms in total. The van der Waals surface area contributed by atoms with E-state index in [9.17, 15) is 14.4 Å². The van der Waals surface area contributed by atoms with Crippen molar-refractivity contribution in [2.24, 2.45) is 10.9 Å². The Balaban J connectivity index is 1.86. The fourth-order valence-electron chi connectivity index (χ4n) is 2.80. The van der Waals surface area contributed by atoms with E-state index < -0.39 is 23.8 Å². The second-order valence-corrected chi connectivity index (χ2v) is 6.12. The van der Waals surface area contributed by atoms with Crippen LogP contribution in [0.2, 0.25) is 0 Å². The van der Waals surface area contributed by atoms with Crippen molar-refractivity contribution in [2.45, 2.75) is 19.9 Å². The van der Waals surface area contributed by atoms with Crippen LogP contribution in [0.1, 0.15) is 24.1 Å². The summed E-state index contributed by atoms with van der Waals surface area (Å²) in [6, 6.07) is 15.6. The number of aliphatic imine (C=N–C) groups is 1. The molecule has 0 spiro atoms. The fraction of sp³-hybridized carbons (Fsp3) is 0.200. The van der Waals surface area contributed by atoms with Crippen molar-refractivity contribution in [1.29, 1.82) is 0 Å². The first-order chi connectivity index (χ1) is 12.5. The number of carbonyl (C=O) groups is 3. The molecule has 2 aromatic carbocycles. The van der Waals surface area contributed by atoms with Gasteiger partial charge in [0.05, 0.1) is 11.7 Å². The Morgan fingerprint density at radius 3 is 2.38 bits per heavy atom. The van der Waals surface area contributed by atoms with Crippen LogP contribution in [0, 0.1) is 12.8 Å². The monoisotopic (exact) mass is 349 g/mol. The molecule has 0 aliphatic carbocycles. The lowest BCUT2D eigenvalue weighted by Crippen LogP contribution is -2.58. The van der Waals surface area contributed by atoms with Gasteiger partial charge in [0.2, 0.25) is 5.91 Å². The minimum atomic E-state index is -1.14. The van der Waals surface area contributed by atoms with E-state index >= 15 is 0 Å². The van der Waals surface area contributed by atoms with Gasteiger partial charge in [-0.25, -0.2) is 9.69 Å². The minimum Gasteiger partial charge on any atom is -0.288 e. The lowest BCUT2D eigenvalue weighted by Gasteiger charge is -2.29. The molecular weight excluding hydrogens is 330 g/mol. The maximum Gasteiger partial charge on any atom is 0.335 e. The fourth-order valence-corrected chi connectivity index (χ4v) is 2.80. The van der Waals surface area contributed by atoms with E-state index in [-0.39, 0.29) is 6.04 Å². The molecule has 132 valence electrons. The molecule has 0 saturated carbocycles. The van der Waals surface area contributed by atoms with Crippen molar-refractivity contribution in [2.75, 3.05) is 4.90 Å². The number of amides is 4. The molecule has 1 N–H and O–H groups in total. The van der Waals surface area contributed by atoms with Crippen molar-refractivity contribution in [3.8, 4) is 0 Å². The standard InChI is InChI=1S/C20H19N3O3/c1-13-8-6-7-11-17(13)23-19(25)16(18(24)22-20(23)26)12-21-14(2)15-9-4-3-5-10-15/h3-12,14,16H,1-2H3,(H,22,24,26)/t14-,16+/m0/s1. The molecule has 26 heavy (non-hydrogen) atoms. The zero-order chi connectivity index (χ0) is 18.7. The molecule has 0 radical (unpaired) electrons. The molecule has 2 aromatic rings. The molecular formula is C20H19N3O3. The Morgan fingerprint density at radius 2 is 1.69 bits per heavy atom. The second-order valence-electron chi connectivity index (χ2n) is 6.12. The summed E-state index contributed by atoms with van der Waals surface area (Å²) >= 11 is 0. The Kier molecular flexibility index (Phi) is 4.93. The van der Waals surface area contributed by atoms with Crippen LogP contribution in [-0.2, 0) is 9.59 Å². The predicted molar refractivity (Wildman–Crippen MR) is 99.0 cm³/mol. The first-order valence-corrected chi connectivity index (χ1v) is 8.31. The number of urea groups is 1. The summed E-state index contributed by atoms with van der Waals surface area (Å²) in [6.07, 6.45) is 1.33. The molecule has 0 bridgehead atoms. The topological polar surface area (TPSA) is 78.8 Å². The van der Waals surface area contributed by atoms with Gasteiger partial charge in [0.15, 0.2) is 5.92 Å². The molecule has 1 heterocycles. The number of para-hydroxylation sites is 1. The lowest BCUT2D eigenvalue weighted by atomic mass is 10.0. The van der Waals surface area contributed by atoms with Crippen LogP contribution in [0.5, 0.6) is 0 Å². The van der Waals surface area contributed by atoms with E-state index in [0.29, 0.717) is 5.69 Å². The maximum atomic E-state index is 12.8. The highest BCUT2D eigenvalue weighted by atomic mass is 16.2. The smallest absolute Gasteiger partial charge is 0.288 e. The van der Waals surface area contributed by atoms with Gasteiger partial charge in [0.1, 0.15) is 0 Å². The number of rotatable bonds is 4. The van der Waals surface area contributed by atoms with E-state index in [1.54, 1.807) is 25.1 Å². The number of benzene rings is 2. The summed E-state index contributed by atoms with van der Waals surface area (Å²) in [4.78, 5) is 42.5. The van der Waals surface area contributed by atoms with Crippen LogP contribution in [0.4, 0.5) is 10.5 Å². The first-order valence-electron chi connectivity index (χ1n) is 8.31. The summed E-state index contributed by atoms with van der Waals surface area (Å²) in [5.74, 6) is -2.40. The molecule has 4 amide bonds. The third-order valence-electron chi connectivity index (χ3n) is 4.30. The number of carbonyl (C=O) groups excluding carboxylic acids is 3. The van der Waals surface area contributed by atoms with Gasteiger partial charge in [-0.05, 0) is 31.0 Å². The van der Waals surface area contributed by atoms with Gasteiger partial charge < -0.3 is 0 Å². The molecule has 3 rings (SSSR count). The van der Waals surface area contributed by atoms with Crippen LogP contribution < -0.4 is 10.2 Å². The average Bonchev–Trinajstić information content (AvgIpc) is 2.63. The van der Waals surface area contributed by atoms with Crippen LogP contribution >= 0.6 is 0 Å². The number of hydrogen-bond donors (Lipinski definition) is 1. The highest BCUT2D eigenvalue weighted by Gasteiger charge is 2.40. The largest absolute Gasteiger partial charge is 0.335 e. The zero-order valence-electron chi connectivity index (χ0n) is 14.5. The molecule has 1 saturated heterocycles. The highest BCUT2D eigenvalue weighted by Crippen LogP contribution is 2.24. The van der Waals surface area contributed by atoms with Gasteiger partial charge >= 0.3 is 6.03 Å². The third-order valence-corrected chi connectivity index (χ3v) is 4.30. The summed E-state index contributed by atoms with van der Waals surface area (Å²) in [6.45, 7) is 3.67. The Bertz CT molecular complexity index is 877. The molecule has 1 aliphatic heterocycles. The van der Waals surface area contributed by atoms with Gasteiger partial charge in [-0.1, -0.05) is 48.5 Å². The van der Waals surface area contributed by atoms with Gasteiger partial charge in [-0.15, -0.1) is 0 Å². The SMILES string of the molecule is Cc1ccccc1N1C(=O)NC(=O)[C@@H](C=N[C@@H](C)c2ccccc2)C1=O. The van der Waals surface area contributed by atoms with Gasteiger partial charge in [0.25, 0.3) is 5.91 Å². The highest BCUT2D eigenvalue weighted by molar-refractivity contribution is 6.32. The first kappa shape index (κ1) is 17.5. The number of imide groups is 2. The Hall–Kier alpha value is -3.28. The van der Waals surface area contributed by atoms with Crippen molar-refractivity contribution >= 4 is 29.7 Å². The summed E-state index contributed by atoms with van der Waals surface area (Å²) in [5, 5.41) is 2.24. The Labute approximate surface area is 151 Å². The number of nitrogens with zero attached hydrogens (tertiary/aromatic N) is 2. The van der Waals surface area contributed by atoms with Gasteiger partial charge in [-0.2, -0.15) is 0 Å². The molecule has 1 aliphatic rings. The number of hydrogen-bond acceptors (Lipinski definition) is 4. The quantitative estimate of drug-likeness (QED) is 0.681. The molecule has 0 unspecified atom stereocenters. The van der Waals surface area contributed by atoms with Crippen molar-refractivity contribution in [1.82, 2.24) is 5.32 Å². The van der Waals surface area contributed by atoms with Crippen molar-refractivity contribution in [3.63, 3.8) is 0 Å².